The zero-order valence-corrected chi connectivity index (χ0v) is 10.6. The Bertz CT molecular complexity index is 353. The quantitative estimate of drug-likeness (QED) is 0.923. The predicted octanol–water partition coefficient (Wildman–Crippen LogP) is 2.86. The molecule has 1 aromatic rings. The van der Waals surface area contributed by atoms with Crippen molar-refractivity contribution >= 4 is 15.9 Å². The van der Waals surface area contributed by atoms with Gasteiger partial charge in [-0.3, -0.25) is 0 Å². The number of piperidine rings is 1. The zero-order chi connectivity index (χ0) is 11.4. The Kier molecular flexibility index (Phi) is 4.32. The third-order valence-corrected chi connectivity index (χ3v) is 3.23. The lowest BCUT2D eigenvalue weighted by Gasteiger charge is -2.23. The van der Waals surface area contributed by atoms with Crippen LogP contribution in [0.3, 0.4) is 0 Å². The molecular formula is C12H15BrFNO. The van der Waals surface area contributed by atoms with Crippen molar-refractivity contribution in [3.8, 4) is 0 Å². The fourth-order valence-electron chi connectivity index (χ4n) is 1.81. The highest BCUT2D eigenvalue weighted by molar-refractivity contribution is 9.10. The predicted molar refractivity (Wildman–Crippen MR) is 64.8 cm³/mol. The van der Waals surface area contributed by atoms with Gasteiger partial charge in [0.2, 0.25) is 0 Å². The van der Waals surface area contributed by atoms with Crippen LogP contribution in [0.2, 0.25) is 0 Å². The fourth-order valence-corrected chi connectivity index (χ4v) is 2.14. The lowest BCUT2D eigenvalue weighted by molar-refractivity contribution is 0.0239. The highest BCUT2D eigenvalue weighted by Crippen LogP contribution is 2.17. The number of ether oxygens (including phenoxy) is 1. The normalized spacial score (nSPS) is 21.0. The molecule has 2 rings (SSSR count). The third-order valence-electron chi connectivity index (χ3n) is 2.74. The molecule has 0 bridgehead atoms. The van der Waals surface area contributed by atoms with Gasteiger partial charge in [-0.1, -0.05) is 22.0 Å². The van der Waals surface area contributed by atoms with E-state index in [2.05, 4.69) is 21.2 Å². The van der Waals surface area contributed by atoms with Crippen LogP contribution in [0.1, 0.15) is 18.4 Å². The molecule has 88 valence electrons. The summed E-state index contributed by atoms with van der Waals surface area (Å²) in [6.07, 6.45) is 2.41. The summed E-state index contributed by atoms with van der Waals surface area (Å²) >= 11 is 3.23. The van der Waals surface area contributed by atoms with Crippen LogP contribution in [0.5, 0.6) is 0 Å². The molecule has 1 aromatic carbocycles. The van der Waals surface area contributed by atoms with Crippen molar-refractivity contribution in [1.29, 1.82) is 0 Å². The van der Waals surface area contributed by atoms with Gasteiger partial charge in [0, 0.05) is 16.6 Å². The molecular weight excluding hydrogens is 273 g/mol. The number of hydrogen-bond acceptors (Lipinski definition) is 2. The van der Waals surface area contributed by atoms with E-state index in [1.165, 1.54) is 6.07 Å². The molecule has 0 aliphatic carbocycles. The average Bonchev–Trinajstić information content (AvgIpc) is 2.29. The maximum atomic E-state index is 13.5. The molecule has 0 saturated carbocycles. The van der Waals surface area contributed by atoms with Crippen LogP contribution >= 0.6 is 15.9 Å². The molecule has 1 atom stereocenters. The van der Waals surface area contributed by atoms with Gasteiger partial charge in [0.1, 0.15) is 5.82 Å². The third kappa shape index (κ3) is 3.27. The highest BCUT2D eigenvalue weighted by Gasteiger charge is 2.14. The first-order valence-electron chi connectivity index (χ1n) is 5.52. The van der Waals surface area contributed by atoms with Crippen molar-refractivity contribution in [2.24, 2.45) is 0 Å². The molecule has 0 radical (unpaired) electrons. The van der Waals surface area contributed by atoms with E-state index in [0.29, 0.717) is 12.2 Å². The first-order valence-corrected chi connectivity index (χ1v) is 6.31. The standard InChI is InChI=1S/C12H15BrFNO/c13-10-4-3-9(12(14)6-10)8-16-11-2-1-5-15-7-11/h3-4,6,11,15H,1-2,5,7-8H2. The van der Waals surface area contributed by atoms with Gasteiger partial charge in [-0.15, -0.1) is 0 Å². The first-order chi connectivity index (χ1) is 7.75. The summed E-state index contributed by atoms with van der Waals surface area (Å²) in [5.74, 6) is -0.210. The molecule has 0 amide bonds. The van der Waals surface area contributed by atoms with Gasteiger partial charge < -0.3 is 10.1 Å². The zero-order valence-electron chi connectivity index (χ0n) is 9.01. The molecule has 1 fully saturated rings. The first kappa shape index (κ1) is 12.0. The lowest BCUT2D eigenvalue weighted by atomic mass is 10.1. The SMILES string of the molecule is Fc1cc(Br)ccc1COC1CCCNC1. The van der Waals surface area contributed by atoms with E-state index in [4.69, 9.17) is 4.74 Å². The Labute approximate surface area is 103 Å². The molecule has 1 unspecified atom stereocenters. The smallest absolute Gasteiger partial charge is 0.129 e. The minimum Gasteiger partial charge on any atom is -0.372 e. The summed E-state index contributed by atoms with van der Waals surface area (Å²) in [7, 11) is 0. The molecule has 1 aliphatic heterocycles. The molecule has 0 aromatic heterocycles. The molecule has 2 nitrogen and oxygen atoms in total. The minimum atomic E-state index is -0.210. The average molecular weight is 288 g/mol. The summed E-state index contributed by atoms with van der Waals surface area (Å²) in [4.78, 5) is 0. The molecule has 1 N–H and O–H groups in total. The van der Waals surface area contributed by atoms with Gasteiger partial charge in [-0.2, -0.15) is 0 Å². The number of halogens is 2. The second-order valence-corrected chi connectivity index (χ2v) is 4.93. The van der Waals surface area contributed by atoms with Gasteiger partial charge in [-0.05, 0) is 31.5 Å². The summed E-state index contributed by atoms with van der Waals surface area (Å²) in [6.45, 7) is 2.29. The van der Waals surface area contributed by atoms with Crippen molar-refractivity contribution in [2.75, 3.05) is 13.1 Å². The second kappa shape index (κ2) is 5.75. The van der Waals surface area contributed by atoms with Gasteiger partial charge in [0.25, 0.3) is 0 Å². The minimum absolute atomic E-state index is 0.210. The van der Waals surface area contributed by atoms with Crippen molar-refractivity contribution in [2.45, 2.75) is 25.6 Å². The molecule has 1 aliphatic rings. The van der Waals surface area contributed by atoms with E-state index in [0.717, 1.165) is 30.4 Å². The van der Waals surface area contributed by atoms with Gasteiger partial charge in [0.05, 0.1) is 12.7 Å². The van der Waals surface area contributed by atoms with E-state index in [9.17, 15) is 4.39 Å². The Hall–Kier alpha value is -0.450. The maximum absolute atomic E-state index is 13.5. The van der Waals surface area contributed by atoms with Crippen LogP contribution in [0.15, 0.2) is 22.7 Å². The topological polar surface area (TPSA) is 21.3 Å². The number of benzene rings is 1. The van der Waals surface area contributed by atoms with Crippen molar-refractivity contribution in [3.63, 3.8) is 0 Å². The van der Waals surface area contributed by atoms with Gasteiger partial charge in [0.15, 0.2) is 0 Å². The molecule has 1 heterocycles. The molecule has 16 heavy (non-hydrogen) atoms. The number of rotatable bonds is 3. The largest absolute Gasteiger partial charge is 0.372 e. The van der Waals surface area contributed by atoms with Crippen molar-refractivity contribution in [3.05, 3.63) is 34.1 Å². The monoisotopic (exact) mass is 287 g/mol. The summed E-state index contributed by atoms with van der Waals surface area (Å²) in [6, 6.07) is 5.06. The Morgan fingerprint density at radius 3 is 3.06 bits per heavy atom. The fraction of sp³-hybridized carbons (Fsp3) is 0.500. The Morgan fingerprint density at radius 2 is 2.38 bits per heavy atom. The van der Waals surface area contributed by atoms with E-state index >= 15 is 0 Å². The summed E-state index contributed by atoms with van der Waals surface area (Å²) in [5, 5.41) is 3.27. The number of nitrogens with one attached hydrogen (secondary N) is 1. The van der Waals surface area contributed by atoms with Crippen LogP contribution in [-0.2, 0) is 11.3 Å². The van der Waals surface area contributed by atoms with E-state index in [-0.39, 0.29) is 11.9 Å². The summed E-state index contributed by atoms with van der Waals surface area (Å²) in [5.41, 5.74) is 0.619. The van der Waals surface area contributed by atoms with Gasteiger partial charge >= 0.3 is 0 Å². The Balaban J connectivity index is 1.88. The lowest BCUT2D eigenvalue weighted by Crippen LogP contribution is -2.35. The summed E-state index contributed by atoms with van der Waals surface area (Å²) < 4.78 is 19.9. The Morgan fingerprint density at radius 1 is 1.50 bits per heavy atom. The highest BCUT2D eigenvalue weighted by atomic mass is 79.9. The number of hydrogen-bond donors (Lipinski definition) is 1. The molecule has 4 heteroatoms. The van der Waals surface area contributed by atoms with E-state index < -0.39 is 0 Å². The van der Waals surface area contributed by atoms with Crippen LogP contribution in [0.4, 0.5) is 4.39 Å². The van der Waals surface area contributed by atoms with E-state index in [1.54, 1.807) is 6.07 Å². The van der Waals surface area contributed by atoms with Gasteiger partial charge in [-0.25, -0.2) is 4.39 Å². The van der Waals surface area contributed by atoms with Crippen LogP contribution < -0.4 is 5.32 Å². The van der Waals surface area contributed by atoms with E-state index in [1.807, 2.05) is 6.07 Å². The molecule has 1 saturated heterocycles. The van der Waals surface area contributed by atoms with Crippen molar-refractivity contribution in [1.82, 2.24) is 5.32 Å². The maximum Gasteiger partial charge on any atom is 0.129 e. The molecule has 0 spiro atoms. The van der Waals surface area contributed by atoms with Crippen molar-refractivity contribution < 1.29 is 9.13 Å². The van der Waals surface area contributed by atoms with Crippen LogP contribution in [0.25, 0.3) is 0 Å². The van der Waals surface area contributed by atoms with Crippen LogP contribution in [-0.4, -0.2) is 19.2 Å². The second-order valence-electron chi connectivity index (χ2n) is 4.02. The van der Waals surface area contributed by atoms with Crippen LogP contribution in [0, 0.1) is 5.82 Å².